The van der Waals surface area contributed by atoms with Crippen molar-refractivity contribution in [1.82, 2.24) is 9.88 Å². The van der Waals surface area contributed by atoms with Gasteiger partial charge < -0.3 is 10.2 Å². The van der Waals surface area contributed by atoms with E-state index < -0.39 is 6.04 Å². The number of anilines is 1. The predicted octanol–water partition coefficient (Wildman–Crippen LogP) is 3.29. The summed E-state index contributed by atoms with van der Waals surface area (Å²) in [5, 5.41) is 2.84. The standard InChI is InChI=1S/C22H19N3O2/c26-21(24-20-12-6-7-13-23-20)19(14-16-8-2-1-3-9-16)25-15-17-10-4-5-11-18(17)22(25)27/h1-13,19H,14-15H2,(H,23,24,26). The second-order valence-electron chi connectivity index (χ2n) is 6.50. The van der Waals surface area contributed by atoms with Gasteiger partial charge in [-0.05, 0) is 29.3 Å². The lowest BCUT2D eigenvalue weighted by Crippen LogP contribution is -2.45. The summed E-state index contributed by atoms with van der Waals surface area (Å²) in [7, 11) is 0. The van der Waals surface area contributed by atoms with Crippen LogP contribution in [-0.4, -0.2) is 27.7 Å². The first kappa shape index (κ1) is 17.0. The number of rotatable bonds is 5. The molecule has 0 saturated carbocycles. The van der Waals surface area contributed by atoms with Crippen molar-refractivity contribution < 1.29 is 9.59 Å². The van der Waals surface area contributed by atoms with Crippen LogP contribution >= 0.6 is 0 Å². The first-order valence-electron chi connectivity index (χ1n) is 8.87. The molecule has 1 atom stereocenters. The summed E-state index contributed by atoms with van der Waals surface area (Å²) >= 11 is 0. The van der Waals surface area contributed by atoms with Crippen molar-refractivity contribution in [3.05, 3.63) is 95.7 Å². The predicted molar refractivity (Wildman–Crippen MR) is 103 cm³/mol. The first-order valence-corrected chi connectivity index (χ1v) is 8.87. The lowest BCUT2D eigenvalue weighted by molar-refractivity contribution is -0.120. The number of benzene rings is 2. The quantitative estimate of drug-likeness (QED) is 0.762. The number of fused-ring (bicyclic) bond motifs is 1. The minimum atomic E-state index is -0.616. The van der Waals surface area contributed by atoms with Crippen molar-refractivity contribution in [2.75, 3.05) is 5.32 Å². The van der Waals surface area contributed by atoms with E-state index in [2.05, 4.69) is 10.3 Å². The Morgan fingerprint density at radius 2 is 1.74 bits per heavy atom. The maximum atomic E-state index is 13.1. The van der Waals surface area contributed by atoms with E-state index in [1.54, 1.807) is 23.2 Å². The van der Waals surface area contributed by atoms with Crippen LogP contribution in [0.2, 0.25) is 0 Å². The summed E-state index contributed by atoms with van der Waals surface area (Å²) in [4.78, 5) is 31.8. The van der Waals surface area contributed by atoms with Crippen LogP contribution in [-0.2, 0) is 17.8 Å². The van der Waals surface area contributed by atoms with Gasteiger partial charge in [0.15, 0.2) is 0 Å². The summed E-state index contributed by atoms with van der Waals surface area (Å²) in [5.74, 6) is 0.131. The van der Waals surface area contributed by atoms with Crippen LogP contribution in [0.25, 0.3) is 0 Å². The maximum Gasteiger partial charge on any atom is 0.255 e. The highest BCUT2D eigenvalue weighted by atomic mass is 16.2. The normalized spacial score (nSPS) is 13.9. The van der Waals surface area contributed by atoms with E-state index in [9.17, 15) is 9.59 Å². The van der Waals surface area contributed by atoms with E-state index in [-0.39, 0.29) is 11.8 Å². The molecule has 0 aliphatic carbocycles. The summed E-state index contributed by atoms with van der Waals surface area (Å²) in [5.41, 5.74) is 2.62. The Bertz CT molecular complexity index is 958. The van der Waals surface area contributed by atoms with Gasteiger partial charge in [-0.3, -0.25) is 9.59 Å². The van der Waals surface area contributed by atoms with Gasteiger partial charge in [-0.15, -0.1) is 0 Å². The number of aromatic nitrogens is 1. The second kappa shape index (κ2) is 7.41. The molecule has 0 saturated heterocycles. The highest BCUT2D eigenvalue weighted by Crippen LogP contribution is 2.26. The summed E-state index contributed by atoms with van der Waals surface area (Å²) in [6.45, 7) is 0.433. The van der Waals surface area contributed by atoms with Crippen LogP contribution in [0.4, 0.5) is 5.82 Å². The lowest BCUT2D eigenvalue weighted by Gasteiger charge is -2.27. The molecule has 3 aromatic rings. The Kier molecular flexibility index (Phi) is 4.66. The molecule has 5 nitrogen and oxygen atoms in total. The molecule has 2 heterocycles. The molecule has 1 N–H and O–H groups in total. The Balaban J connectivity index is 1.62. The van der Waals surface area contributed by atoms with Crippen LogP contribution in [0.1, 0.15) is 21.5 Å². The van der Waals surface area contributed by atoms with Gasteiger partial charge in [0.2, 0.25) is 5.91 Å². The number of carbonyl (C=O) groups excluding carboxylic acids is 2. The van der Waals surface area contributed by atoms with Gasteiger partial charge in [-0.1, -0.05) is 54.6 Å². The number of nitrogens with one attached hydrogen (secondary N) is 1. The van der Waals surface area contributed by atoms with Gasteiger partial charge >= 0.3 is 0 Å². The average molecular weight is 357 g/mol. The van der Waals surface area contributed by atoms with Gasteiger partial charge in [-0.25, -0.2) is 4.98 Å². The Labute approximate surface area is 157 Å². The topological polar surface area (TPSA) is 62.3 Å². The molecule has 2 amide bonds. The molecule has 0 radical (unpaired) electrons. The number of pyridine rings is 1. The molecule has 1 aliphatic heterocycles. The molecule has 0 spiro atoms. The largest absolute Gasteiger partial charge is 0.322 e. The van der Waals surface area contributed by atoms with E-state index in [0.717, 1.165) is 11.1 Å². The Hall–Kier alpha value is -3.47. The highest BCUT2D eigenvalue weighted by Gasteiger charge is 2.36. The van der Waals surface area contributed by atoms with Crippen LogP contribution < -0.4 is 5.32 Å². The summed E-state index contributed by atoms with van der Waals surface area (Å²) < 4.78 is 0. The zero-order chi connectivity index (χ0) is 18.6. The second-order valence-corrected chi connectivity index (χ2v) is 6.50. The van der Waals surface area contributed by atoms with Crippen molar-refractivity contribution in [2.24, 2.45) is 0 Å². The fourth-order valence-corrected chi connectivity index (χ4v) is 3.36. The van der Waals surface area contributed by atoms with E-state index in [0.29, 0.717) is 24.3 Å². The molecule has 134 valence electrons. The molecule has 1 aliphatic rings. The monoisotopic (exact) mass is 357 g/mol. The smallest absolute Gasteiger partial charge is 0.255 e. The van der Waals surface area contributed by atoms with Gasteiger partial charge in [0.1, 0.15) is 11.9 Å². The average Bonchev–Trinajstić information content (AvgIpc) is 3.04. The van der Waals surface area contributed by atoms with Gasteiger partial charge in [-0.2, -0.15) is 0 Å². The summed E-state index contributed by atoms with van der Waals surface area (Å²) in [6, 6.07) is 22.0. The number of hydrogen-bond acceptors (Lipinski definition) is 3. The number of hydrogen-bond donors (Lipinski definition) is 1. The minimum absolute atomic E-state index is 0.109. The van der Waals surface area contributed by atoms with Crippen LogP contribution in [0.15, 0.2) is 79.0 Å². The molecule has 4 rings (SSSR count). The molecule has 5 heteroatoms. The molecule has 1 aromatic heterocycles. The van der Waals surface area contributed by atoms with Gasteiger partial charge in [0.05, 0.1) is 0 Å². The molecular weight excluding hydrogens is 338 g/mol. The summed E-state index contributed by atoms with van der Waals surface area (Å²) in [6.07, 6.45) is 2.07. The lowest BCUT2D eigenvalue weighted by atomic mass is 10.0. The molecule has 0 bridgehead atoms. The number of nitrogens with zero attached hydrogens (tertiary/aromatic N) is 2. The zero-order valence-corrected chi connectivity index (χ0v) is 14.7. The zero-order valence-electron chi connectivity index (χ0n) is 14.7. The van der Waals surface area contributed by atoms with E-state index in [1.807, 2.05) is 60.7 Å². The van der Waals surface area contributed by atoms with E-state index >= 15 is 0 Å². The van der Waals surface area contributed by atoms with E-state index in [1.165, 1.54) is 0 Å². The van der Waals surface area contributed by atoms with E-state index in [4.69, 9.17) is 0 Å². The first-order chi connectivity index (χ1) is 13.2. The number of amides is 2. The van der Waals surface area contributed by atoms with Crippen molar-refractivity contribution in [3.63, 3.8) is 0 Å². The minimum Gasteiger partial charge on any atom is -0.322 e. The van der Waals surface area contributed by atoms with Crippen LogP contribution in [0.3, 0.4) is 0 Å². The highest BCUT2D eigenvalue weighted by molar-refractivity contribution is 6.03. The van der Waals surface area contributed by atoms with Crippen molar-refractivity contribution in [3.8, 4) is 0 Å². The van der Waals surface area contributed by atoms with Crippen LogP contribution in [0, 0.1) is 0 Å². The van der Waals surface area contributed by atoms with Crippen LogP contribution in [0.5, 0.6) is 0 Å². The Morgan fingerprint density at radius 1 is 1.00 bits per heavy atom. The van der Waals surface area contributed by atoms with Crippen molar-refractivity contribution in [2.45, 2.75) is 19.0 Å². The van der Waals surface area contributed by atoms with Gasteiger partial charge in [0.25, 0.3) is 5.91 Å². The maximum absolute atomic E-state index is 13.1. The van der Waals surface area contributed by atoms with Gasteiger partial charge in [0, 0.05) is 24.7 Å². The van der Waals surface area contributed by atoms with Crippen molar-refractivity contribution in [1.29, 1.82) is 0 Å². The third kappa shape index (κ3) is 3.58. The number of carbonyl (C=O) groups is 2. The third-order valence-electron chi connectivity index (χ3n) is 4.72. The molecule has 0 fully saturated rings. The SMILES string of the molecule is O=C(Nc1ccccn1)C(Cc1ccccc1)N1Cc2ccccc2C1=O. The fraction of sp³-hybridized carbons (Fsp3) is 0.136. The molecule has 2 aromatic carbocycles. The third-order valence-corrected chi connectivity index (χ3v) is 4.72. The molecule has 27 heavy (non-hydrogen) atoms. The molecular formula is C22H19N3O2. The fourth-order valence-electron chi connectivity index (χ4n) is 3.36. The Morgan fingerprint density at radius 3 is 2.48 bits per heavy atom. The van der Waals surface area contributed by atoms with Crippen molar-refractivity contribution >= 4 is 17.6 Å². The molecule has 1 unspecified atom stereocenters.